The first-order valence-electron chi connectivity index (χ1n) is 7.57. The van der Waals surface area contributed by atoms with Crippen molar-refractivity contribution >= 4 is 29.2 Å². The lowest BCUT2D eigenvalue weighted by molar-refractivity contribution is -0.145. The van der Waals surface area contributed by atoms with E-state index in [2.05, 4.69) is 15.0 Å². The molecule has 0 fully saturated rings. The third-order valence-corrected chi connectivity index (χ3v) is 3.97. The molecule has 1 aromatic heterocycles. The summed E-state index contributed by atoms with van der Waals surface area (Å²) in [5.74, 6) is -1.08. The largest absolute Gasteiger partial charge is 0.467 e. The molecular weight excluding hydrogens is 358 g/mol. The number of esters is 1. The quantitative estimate of drug-likeness (QED) is 0.334. The second kappa shape index (κ2) is 8.84. The minimum Gasteiger partial charge on any atom is -0.467 e. The Morgan fingerprint density at radius 2 is 2.15 bits per heavy atom. The molecule has 1 aromatic carbocycles. The first-order valence-corrected chi connectivity index (χ1v) is 7.95. The molecule has 9 heteroatoms. The van der Waals surface area contributed by atoms with Crippen molar-refractivity contribution in [1.29, 1.82) is 0 Å². The zero-order valence-electron chi connectivity index (χ0n) is 14.2. The maximum Gasteiger partial charge on any atom is 0.328 e. The van der Waals surface area contributed by atoms with Gasteiger partial charge < -0.3 is 9.64 Å². The van der Waals surface area contributed by atoms with E-state index in [4.69, 9.17) is 21.9 Å². The van der Waals surface area contributed by atoms with Crippen LogP contribution >= 0.6 is 11.6 Å². The summed E-state index contributed by atoms with van der Waals surface area (Å²) in [5, 5.41) is 3.82. The summed E-state index contributed by atoms with van der Waals surface area (Å²) >= 11 is 5.89. The summed E-state index contributed by atoms with van der Waals surface area (Å²) in [6, 6.07) is 8.74. The van der Waals surface area contributed by atoms with Crippen molar-refractivity contribution in [2.75, 3.05) is 14.2 Å². The molecule has 0 aliphatic rings. The van der Waals surface area contributed by atoms with Crippen LogP contribution in [0.2, 0.25) is 5.02 Å². The van der Waals surface area contributed by atoms with E-state index in [9.17, 15) is 9.59 Å². The molecule has 2 rings (SSSR count). The first kappa shape index (κ1) is 19.2. The third-order valence-electron chi connectivity index (χ3n) is 3.73. The lowest BCUT2D eigenvalue weighted by Gasteiger charge is -2.26. The third kappa shape index (κ3) is 4.50. The predicted octanol–water partition coefficient (Wildman–Crippen LogP) is 3.53. The van der Waals surface area contributed by atoms with Gasteiger partial charge in [-0.1, -0.05) is 22.8 Å². The van der Waals surface area contributed by atoms with Gasteiger partial charge in [-0.2, -0.15) is 0 Å². The Hall–Kier alpha value is -3.09. The van der Waals surface area contributed by atoms with Crippen molar-refractivity contribution in [2.24, 2.45) is 5.11 Å². The number of methoxy groups -OCH3 is 1. The van der Waals surface area contributed by atoms with Crippen molar-refractivity contribution in [2.45, 2.75) is 12.5 Å². The molecule has 1 atom stereocenters. The van der Waals surface area contributed by atoms with Crippen molar-refractivity contribution in [1.82, 2.24) is 9.88 Å². The average molecular weight is 374 g/mol. The molecule has 0 radical (unpaired) electrons. The predicted molar refractivity (Wildman–Crippen MR) is 96.1 cm³/mol. The number of hydrogen-bond donors (Lipinski definition) is 0. The normalized spacial score (nSPS) is 11.2. The summed E-state index contributed by atoms with van der Waals surface area (Å²) in [6.07, 6.45) is 1.78. The van der Waals surface area contributed by atoms with E-state index in [-0.39, 0.29) is 17.7 Å². The van der Waals surface area contributed by atoms with Gasteiger partial charge in [-0.15, -0.1) is 0 Å². The van der Waals surface area contributed by atoms with Gasteiger partial charge in [-0.05, 0) is 35.9 Å². The van der Waals surface area contributed by atoms with Crippen molar-refractivity contribution < 1.29 is 14.3 Å². The zero-order valence-corrected chi connectivity index (χ0v) is 14.9. The van der Waals surface area contributed by atoms with Crippen LogP contribution in [0.4, 0.5) is 5.69 Å². The molecule has 8 nitrogen and oxygen atoms in total. The van der Waals surface area contributed by atoms with E-state index >= 15 is 0 Å². The molecule has 0 N–H and O–H groups in total. The summed E-state index contributed by atoms with van der Waals surface area (Å²) in [4.78, 5) is 33.2. The molecule has 0 aliphatic heterocycles. The Kier molecular flexibility index (Phi) is 6.54. The van der Waals surface area contributed by atoms with Gasteiger partial charge in [-0.3, -0.25) is 9.78 Å². The highest BCUT2D eigenvalue weighted by atomic mass is 35.5. The van der Waals surface area contributed by atoms with Gasteiger partial charge >= 0.3 is 5.97 Å². The summed E-state index contributed by atoms with van der Waals surface area (Å²) in [6.45, 7) is 0. The minimum absolute atomic E-state index is 0.0818. The van der Waals surface area contributed by atoms with E-state index < -0.39 is 17.9 Å². The number of pyridine rings is 1. The highest BCUT2D eigenvalue weighted by molar-refractivity contribution is 6.31. The van der Waals surface area contributed by atoms with Gasteiger partial charge in [0.05, 0.1) is 12.8 Å². The Labute approximate surface area is 155 Å². The van der Waals surface area contributed by atoms with Crippen LogP contribution in [-0.2, 0) is 16.0 Å². The molecule has 0 spiro atoms. The lowest BCUT2D eigenvalue weighted by atomic mass is 10.1. The molecule has 0 saturated heterocycles. The van der Waals surface area contributed by atoms with Crippen LogP contribution in [0.1, 0.15) is 16.1 Å². The van der Waals surface area contributed by atoms with Crippen LogP contribution in [-0.4, -0.2) is 42.0 Å². The number of rotatable bonds is 6. The topological polar surface area (TPSA) is 108 Å². The molecule has 134 valence electrons. The molecule has 26 heavy (non-hydrogen) atoms. The van der Waals surface area contributed by atoms with Gasteiger partial charge in [-0.25, -0.2) is 4.79 Å². The fraction of sp³-hybridized carbons (Fsp3) is 0.235. The molecular formula is C17H16ClN5O3. The molecule has 1 heterocycles. The van der Waals surface area contributed by atoms with Crippen molar-refractivity contribution in [3.8, 4) is 0 Å². The van der Waals surface area contributed by atoms with E-state index in [0.29, 0.717) is 10.7 Å². The molecule has 0 aliphatic carbocycles. The molecule has 0 saturated carbocycles. The van der Waals surface area contributed by atoms with E-state index in [1.807, 2.05) is 0 Å². The van der Waals surface area contributed by atoms with Gasteiger partial charge in [0.1, 0.15) is 6.04 Å². The molecule has 1 amide bonds. The number of likely N-dealkylation sites (N-methyl/N-ethyl adjacent to an activating group) is 1. The fourth-order valence-corrected chi connectivity index (χ4v) is 2.55. The smallest absolute Gasteiger partial charge is 0.328 e. The fourth-order valence-electron chi connectivity index (χ4n) is 2.38. The van der Waals surface area contributed by atoms with Crippen molar-refractivity contribution in [3.05, 3.63) is 69.3 Å². The monoisotopic (exact) mass is 373 g/mol. The van der Waals surface area contributed by atoms with E-state index in [0.717, 1.165) is 0 Å². The molecule has 2 aromatic rings. The van der Waals surface area contributed by atoms with Crippen LogP contribution in [0.25, 0.3) is 10.4 Å². The Morgan fingerprint density at radius 3 is 2.77 bits per heavy atom. The second-order valence-corrected chi connectivity index (χ2v) is 5.77. The maximum absolute atomic E-state index is 12.9. The van der Waals surface area contributed by atoms with Crippen molar-refractivity contribution in [3.63, 3.8) is 0 Å². The van der Waals surface area contributed by atoms with Gasteiger partial charge in [0.25, 0.3) is 5.91 Å². The minimum atomic E-state index is -0.892. The molecule has 0 bridgehead atoms. The molecule has 0 unspecified atom stereocenters. The van der Waals surface area contributed by atoms with Crippen LogP contribution in [0.15, 0.2) is 47.7 Å². The highest BCUT2D eigenvalue weighted by Crippen LogP contribution is 2.26. The number of carbonyl (C=O) groups excluding carboxylic acids is 2. The van der Waals surface area contributed by atoms with Crippen LogP contribution in [0, 0.1) is 0 Å². The van der Waals surface area contributed by atoms with Gasteiger partial charge in [0.15, 0.2) is 0 Å². The number of hydrogen-bond acceptors (Lipinski definition) is 5. The number of nitrogens with zero attached hydrogens (tertiary/aromatic N) is 5. The lowest BCUT2D eigenvalue weighted by Crippen LogP contribution is -2.44. The van der Waals surface area contributed by atoms with Crippen LogP contribution in [0.5, 0.6) is 0 Å². The standard InChI is InChI=1S/C17H16ClN5O3/c1-23(15(17(25)26-2)10-12-5-3-4-8-20-12)16(24)13-7-6-11(18)9-14(13)21-22-19/h3-9,15H,10H2,1-2H3/t15-/m1/s1. The number of carbonyl (C=O) groups is 2. The van der Waals surface area contributed by atoms with E-state index in [1.54, 1.807) is 24.4 Å². The maximum atomic E-state index is 12.9. The number of amides is 1. The number of azide groups is 1. The summed E-state index contributed by atoms with van der Waals surface area (Å²) in [7, 11) is 2.72. The summed E-state index contributed by atoms with van der Waals surface area (Å²) < 4.78 is 4.82. The second-order valence-electron chi connectivity index (χ2n) is 5.33. The van der Waals surface area contributed by atoms with E-state index in [1.165, 1.54) is 37.3 Å². The Balaban J connectivity index is 2.36. The Morgan fingerprint density at radius 1 is 1.38 bits per heavy atom. The number of benzene rings is 1. The first-order chi connectivity index (χ1) is 12.5. The van der Waals surface area contributed by atoms with Gasteiger partial charge in [0, 0.05) is 40.9 Å². The van der Waals surface area contributed by atoms with Crippen LogP contribution < -0.4 is 0 Å². The van der Waals surface area contributed by atoms with Crippen LogP contribution in [0.3, 0.4) is 0 Å². The summed E-state index contributed by atoms with van der Waals surface area (Å²) in [5.41, 5.74) is 9.54. The van der Waals surface area contributed by atoms with Gasteiger partial charge in [0.2, 0.25) is 0 Å². The number of ether oxygens (including phenoxy) is 1. The highest BCUT2D eigenvalue weighted by Gasteiger charge is 2.30. The Bertz CT molecular complexity index is 853. The SMILES string of the molecule is COC(=O)[C@@H](Cc1ccccn1)N(C)C(=O)c1ccc(Cl)cc1N=[N+]=[N-]. The average Bonchev–Trinajstić information content (AvgIpc) is 2.65. The number of halogens is 1. The number of aromatic nitrogens is 1. The zero-order chi connectivity index (χ0) is 19.1.